The number of amidine groups is 1. The van der Waals surface area contributed by atoms with Gasteiger partial charge in [0.15, 0.2) is 5.17 Å². The standard InChI is InChI=1S/C12H15N3OS/c13-9-10-3-5-11(6-4-10)16-7-1-2-8-17-12(14)15/h3-6H,1-2,7-8H2,(H3,14,15). The molecule has 0 atom stereocenters. The number of thioether (sulfide) groups is 1. The zero-order valence-electron chi connectivity index (χ0n) is 9.48. The molecular formula is C12H15N3OS. The fraction of sp³-hybridized carbons (Fsp3) is 0.333. The summed E-state index contributed by atoms with van der Waals surface area (Å²) < 4.78 is 5.51. The van der Waals surface area contributed by atoms with E-state index in [1.54, 1.807) is 24.3 Å². The Balaban J connectivity index is 2.14. The van der Waals surface area contributed by atoms with Crippen LogP contribution in [0.4, 0.5) is 0 Å². The molecule has 0 aromatic heterocycles. The molecule has 0 amide bonds. The van der Waals surface area contributed by atoms with Gasteiger partial charge in [0, 0.05) is 5.75 Å². The second-order valence-corrected chi connectivity index (χ2v) is 4.54. The van der Waals surface area contributed by atoms with Crippen molar-refractivity contribution in [3.63, 3.8) is 0 Å². The summed E-state index contributed by atoms with van der Waals surface area (Å²) in [4.78, 5) is 0. The van der Waals surface area contributed by atoms with Crippen molar-refractivity contribution in [1.82, 2.24) is 0 Å². The van der Waals surface area contributed by atoms with E-state index in [9.17, 15) is 0 Å². The first-order valence-corrected chi connectivity index (χ1v) is 6.30. The van der Waals surface area contributed by atoms with Crippen LogP contribution < -0.4 is 10.5 Å². The Hall–Kier alpha value is -1.67. The molecule has 0 saturated carbocycles. The van der Waals surface area contributed by atoms with Gasteiger partial charge >= 0.3 is 0 Å². The molecule has 0 fully saturated rings. The van der Waals surface area contributed by atoms with Gasteiger partial charge in [0.1, 0.15) is 5.75 Å². The van der Waals surface area contributed by atoms with E-state index in [0.717, 1.165) is 24.3 Å². The first-order chi connectivity index (χ1) is 8.22. The van der Waals surface area contributed by atoms with Crippen molar-refractivity contribution in [1.29, 1.82) is 10.7 Å². The van der Waals surface area contributed by atoms with E-state index in [1.807, 2.05) is 0 Å². The van der Waals surface area contributed by atoms with Crippen LogP contribution in [0.5, 0.6) is 5.75 Å². The van der Waals surface area contributed by atoms with Crippen LogP contribution in [0.25, 0.3) is 0 Å². The molecule has 0 saturated heterocycles. The molecule has 90 valence electrons. The Labute approximate surface area is 105 Å². The molecule has 0 spiro atoms. The van der Waals surface area contributed by atoms with E-state index in [4.69, 9.17) is 21.1 Å². The maximum Gasteiger partial charge on any atom is 0.151 e. The van der Waals surface area contributed by atoms with Gasteiger partial charge in [-0.1, -0.05) is 11.8 Å². The van der Waals surface area contributed by atoms with Crippen molar-refractivity contribution in [2.75, 3.05) is 12.4 Å². The molecular weight excluding hydrogens is 234 g/mol. The molecule has 0 bridgehead atoms. The quantitative estimate of drug-likeness (QED) is 0.460. The normalized spacial score (nSPS) is 9.59. The molecule has 1 aromatic rings. The number of hydrogen-bond acceptors (Lipinski definition) is 4. The van der Waals surface area contributed by atoms with E-state index in [-0.39, 0.29) is 5.17 Å². The molecule has 3 N–H and O–H groups in total. The third-order valence-corrected chi connectivity index (χ3v) is 2.85. The first kappa shape index (κ1) is 13.4. The predicted molar refractivity (Wildman–Crippen MR) is 70.3 cm³/mol. The summed E-state index contributed by atoms with van der Waals surface area (Å²) in [6, 6.07) is 9.12. The van der Waals surface area contributed by atoms with Gasteiger partial charge in [-0.25, -0.2) is 0 Å². The van der Waals surface area contributed by atoms with Crippen LogP contribution in [0.15, 0.2) is 24.3 Å². The highest BCUT2D eigenvalue weighted by Crippen LogP contribution is 2.12. The number of nitrogens with two attached hydrogens (primary N) is 1. The zero-order valence-corrected chi connectivity index (χ0v) is 10.3. The van der Waals surface area contributed by atoms with Gasteiger partial charge in [0.25, 0.3) is 0 Å². The highest BCUT2D eigenvalue weighted by Gasteiger charge is 1.96. The van der Waals surface area contributed by atoms with Crippen molar-refractivity contribution in [3.8, 4) is 11.8 Å². The molecule has 0 aliphatic rings. The predicted octanol–water partition coefficient (Wildman–Crippen LogP) is 2.34. The van der Waals surface area contributed by atoms with Crippen molar-refractivity contribution < 1.29 is 4.74 Å². The molecule has 0 heterocycles. The van der Waals surface area contributed by atoms with Gasteiger partial charge in [-0.05, 0) is 37.1 Å². The molecule has 1 rings (SSSR count). The van der Waals surface area contributed by atoms with E-state index in [1.165, 1.54) is 11.8 Å². The first-order valence-electron chi connectivity index (χ1n) is 5.32. The Bertz CT molecular complexity index is 397. The molecule has 4 nitrogen and oxygen atoms in total. The number of ether oxygens (including phenoxy) is 1. The molecule has 1 aromatic carbocycles. The molecule has 0 unspecified atom stereocenters. The van der Waals surface area contributed by atoms with Gasteiger partial charge in [-0.3, -0.25) is 5.41 Å². The molecule has 5 heteroatoms. The number of nitriles is 1. The minimum Gasteiger partial charge on any atom is -0.494 e. The second kappa shape index (κ2) is 7.58. The SMILES string of the molecule is N#Cc1ccc(OCCCCSC(=N)N)cc1. The maximum atomic E-state index is 8.63. The summed E-state index contributed by atoms with van der Waals surface area (Å²) in [5, 5.41) is 15.8. The van der Waals surface area contributed by atoms with Crippen molar-refractivity contribution in [2.24, 2.45) is 5.73 Å². The largest absolute Gasteiger partial charge is 0.494 e. The molecule has 17 heavy (non-hydrogen) atoms. The van der Waals surface area contributed by atoms with Crippen LogP contribution in [0, 0.1) is 16.7 Å². The van der Waals surface area contributed by atoms with Crippen molar-refractivity contribution >= 4 is 16.9 Å². The molecule has 0 aliphatic carbocycles. The topological polar surface area (TPSA) is 82.9 Å². The van der Waals surface area contributed by atoms with E-state index >= 15 is 0 Å². The van der Waals surface area contributed by atoms with E-state index in [0.29, 0.717) is 12.2 Å². The van der Waals surface area contributed by atoms with Crippen molar-refractivity contribution in [3.05, 3.63) is 29.8 Å². The fourth-order valence-electron chi connectivity index (χ4n) is 1.20. The summed E-state index contributed by atoms with van der Waals surface area (Å²) in [5.74, 6) is 1.63. The summed E-state index contributed by atoms with van der Waals surface area (Å²) in [6.07, 6.45) is 1.90. The number of rotatable bonds is 6. The summed E-state index contributed by atoms with van der Waals surface area (Å²) in [7, 11) is 0. The highest BCUT2D eigenvalue weighted by molar-refractivity contribution is 8.13. The average Bonchev–Trinajstić information content (AvgIpc) is 2.34. The number of nitrogens with one attached hydrogen (secondary N) is 1. The lowest BCUT2D eigenvalue weighted by Gasteiger charge is -2.05. The summed E-state index contributed by atoms with van der Waals surface area (Å²) in [5.41, 5.74) is 5.85. The lowest BCUT2D eigenvalue weighted by molar-refractivity contribution is 0.310. The fourth-order valence-corrected chi connectivity index (χ4v) is 1.77. The Kier molecular flexibility index (Phi) is 5.97. The minimum absolute atomic E-state index is 0.165. The number of unbranched alkanes of at least 4 members (excludes halogenated alkanes) is 1. The third-order valence-electron chi connectivity index (χ3n) is 2.05. The van der Waals surface area contributed by atoms with Gasteiger partial charge < -0.3 is 10.5 Å². The Morgan fingerprint density at radius 3 is 2.65 bits per heavy atom. The summed E-state index contributed by atoms with van der Waals surface area (Å²) in [6.45, 7) is 0.643. The van der Waals surface area contributed by atoms with E-state index in [2.05, 4.69) is 6.07 Å². The average molecular weight is 249 g/mol. The Morgan fingerprint density at radius 2 is 2.06 bits per heavy atom. The van der Waals surface area contributed by atoms with Crippen molar-refractivity contribution in [2.45, 2.75) is 12.8 Å². The van der Waals surface area contributed by atoms with Crippen LogP contribution in [0.1, 0.15) is 18.4 Å². The molecule has 0 radical (unpaired) electrons. The van der Waals surface area contributed by atoms with E-state index < -0.39 is 0 Å². The van der Waals surface area contributed by atoms with Crippen LogP contribution in [0.2, 0.25) is 0 Å². The van der Waals surface area contributed by atoms with Crippen LogP contribution in [-0.2, 0) is 0 Å². The zero-order chi connectivity index (χ0) is 12.5. The van der Waals surface area contributed by atoms with Gasteiger partial charge in [0.05, 0.1) is 18.2 Å². The second-order valence-electron chi connectivity index (χ2n) is 3.40. The number of benzene rings is 1. The molecule has 0 aliphatic heterocycles. The lowest BCUT2D eigenvalue weighted by Crippen LogP contribution is -2.05. The van der Waals surface area contributed by atoms with Crippen LogP contribution in [-0.4, -0.2) is 17.5 Å². The van der Waals surface area contributed by atoms with Gasteiger partial charge in [0.2, 0.25) is 0 Å². The third kappa shape index (κ3) is 5.83. The van der Waals surface area contributed by atoms with Gasteiger partial charge in [-0.15, -0.1) is 0 Å². The highest BCUT2D eigenvalue weighted by atomic mass is 32.2. The monoisotopic (exact) mass is 249 g/mol. The number of hydrogen-bond donors (Lipinski definition) is 2. The van der Waals surface area contributed by atoms with Crippen LogP contribution >= 0.6 is 11.8 Å². The maximum absolute atomic E-state index is 8.63. The lowest BCUT2D eigenvalue weighted by atomic mass is 10.2. The van der Waals surface area contributed by atoms with Gasteiger partial charge in [-0.2, -0.15) is 5.26 Å². The Morgan fingerprint density at radius 1 is 1.35 bits per heavy atom. The number of nitrogens with zero attached hydrogens (tertiary/aromatic N) is 1. The van der Waals surface area contributed by atoms with Crippen LogP contribution in [0.3, 0.4) is 0 Å². The summed E-state index contributed by atoms with van der Waals surface area (Å²) >= 11 is 1.35. The smallest absolute Gasteiger partial charge is 0.151 e. The minimum atomic E-state index is 0.165.